The highest BCUT2D eigenvalue weighted by Crippen LogP contribution is 2.37. The first kappa shape index (κ1) is 25.7. The minimum atomic E-state index is -1.15. The molecule has 35 heavy (non-hydrogen) atoms. The van der Waals surface area contributed by atoms with Crippen molar-refractivity contribution in [2.45, 2.75) is 44.9 Å². The molecule has 3 rings (SSSR count). The molecule has 0 unspecified atom stereocenters. The highest BCUT2D eigenvalue weighted by molar-refractivity contribution is 5.97. The van der Waals surface area contributed by atoms with E-state index in [1.54, 1.807) is 0 Å². The molecule has 1 aromatic carbocycles. The van der Waals surface area contributed by atoms with Crippen molar-refractivity contribution in [2.24, 2.45) is 5.92 Å². The molecule has 188 valence electrons. The lowest BCUT2D eigenvalue weighted by Gasteiger charge is -2.27. The Morgan fingerprint density at radius 2 is 1.77 bits per heavy atom. The topological polar surface area (TPSA) is 133 Å². The van der Waals surface area contributed by atoms with E-state index in [2.05, 4.69) is 10.3 Å². The second-order valence-corrected chi connectivity index (χ2v) is 8.07. The first-order valence-electron chi connectivity index (χ1n) is 10.9. The van der Waals surface area contributed by atoms with E-state index in [0.717, 1.165) is 6.07 Å². The van der Waals surface area contributed by atoms with Gasteiger partial charge in [0.25, 0.3) is 5.91 Å². The molecule has 1 saturated carbocycles. The van der Waals surface area contributed by atoms with E-state index in [1.165, 1.54) is 52.5 Å². The van der Waals surface area contributed by atoms with Gasteiger partial charge in [0.2, 0.25) is 0 Å². The molecule has 1 aliphatic rings. The zero-order chi connectivity index (χ0) is 25.7. The maximum Gasteiger partial charge on any atom is 0.328 e. The lowest BCUT2D eigenvalue weighted by molar-refractivity contribution is -0.169. The van der Waals surface area contributed by atoms with Crippen molar-refractivity contribution < 1.29 is 42.8 Å². The first-order chi connectivity index (χ1) is 16.7. The Hall–Kier alpha value is -3.89. The lowest BCUT2D eigenvalue weighted by atomic mass is 10.0. The number of benzene rings is 1. The van der Waals surface area contributed by atoms with Gasteiger partial charge in [-0.25, -0.2) is 14.2 Å². The van der Waals surface area contributed by atoms with Crippen LogP contribution in [-0.4, -0.2) is 54.3 Å². The summed E-state index contributed by atoms with van der Waals surface area (Å²) in [5.74, 6) is -3.19. The van der Waals surface area contributed by atoms with Gasteiger partial charge in [0, 0.05) is 23.9 Å². The average molecular weight is 490 g/mol. The number of aromatic nitrogens is 1. The summed E-state index contributed by atoms with van der Waals surface area (Å²) in [6.45, 7) is 2.89. The van der Waals surface area contributed by atoms with Crippen LogP contribution in [0.2, 0.25) is 0 Å². The van der Waals surface area contributed by atoms with Crippen LogP contribution in [0.1, 0.15) is 48.8 Å². The third kappa shape index (κ3) is 6.17. The zero-order valence-electron chi connectivity index (χ0n) is 19.7. The summed E-state index contributed by atoms with van der Waals surface area (Å²) in [6, 6.07) is 3.94. The summed E-state index contributed by atoms with van der Waals surface area (Å²) < 4.78 is 35.0. The fourth-order valence-corrected chi connectivity index (χ4v) is 3.31. The molecule has 1 aliphatic carbocycles. The molecule has 0 bridgehead atoms. The first-order valence-corrected chi connectivity index (χ1v) is 10.9. The van der Waals surface area contributed by atoms with Crippen molar-refractivity contribution >= 4 is 17.8 Å². The van der Waals surface area contributed by atoms with Crippen molar-refractivity contribution in [1.29, 1.82) is 0 Å². The smallest absolute Gasteiger partial charge is 0.328 e. The molecule has 2 N–H and O–H groups in total. The number of nitrogens with one attached hydrogen (secondary N) is 1. The number of aromatic hydroxyl groups is 1. The number of carbonyl (C=O) groups is 3. The Balaban J connectivity index is 1.73. The Bertz CT molecular complexity index is 1100. The largest absolute Gasteiger partial charge is 0.503 e. The number of ether oxygens (including phenoxy) is 4. The Kier molecular flexibility index (Phi) is 8.10. The second-order valence-electron chi connectivity index (χ2n) is 8.07. The molecule has 0 spiro atoms. The van der Waals surface area contributed by atoms with E-state index < -0.39 is 47.7 Å². The summed E-state index contributed by atoms with van der Waals surface area (Å²) in [5, 5.41) is 12.5. The summed E-state index contributed by atoms with van der Waals surface area (Å²) in [5.41, 5.74) is -0.00488. The lowest BCUT2D eigenvalue weighted by Crippen LogP contribution is -2.42. The van der Waals surface area contributed by atoms with Gasteiger partial charge in [-0.2, -0.15) is 0 Å². The second kappa shape index (κ2) is 11.0. The molecule has 11 heteroatoms. The molecule has 1 heterocycles. The van der Waals surface area contributed by atoms with Crippen LogP contribution in [0.25, 0.3) is 0 Å². The van der Waals surface area contributed by atoms with E-state index in [1.807, 2.05) is 0 Å². The van der Waals surface area contributed by atoms with E-state index in [9.17, 15) is 23.9 Å². The molecule has 1 amide bonds. The fourth-order valence-electron chi connectivity index (χ4n) is 3.31. The number of hydrogen-bond donors (Lipinski definition) is 2. The number of amides is 1. The molecule has 2 aromatic rings. The van der Waals surface area contributed by atoms with Crippen LogP contribution in [0.3, 0.4) is 0 Å². The third-order valence-electron chi connectivity index (χ3n) is 5.41. The predicted molar refractivity (Wildman–Crippen MR) is 119 cm³/mol. The number of methoxy groups -OCH3 is 2. The minimum absolute atomic E-state index is 0.0440. The normalized spacial score (nSPS) is 15.3. The van der Waals surface area contributed by atoms with Crippen molar-refractivity contribution in [2.75, 3.05) is 14.2 Å². The van der Waals surface area contributed by atoms with Crippen molar-refractivity contribution in [3.8, 4) is 17.2 Å². The minimum Gasteiger partial charge on any atom is -0.503 e. The zero-order valence-corrected chi connectivity index (χ0v) is 19.7. The molecule has 3 atom stereocenters. The van der Waals surface area contributed by atoms with Gasteiger partial charge in [0.1, 0.15) is 23.7 Å². The van der Waals surface area contributed by atoms with Crippen LogP contribution in [0.4, 0.5) is 4.39 Å². The SMILES string of the molecule is COc1cc(F)ccc1[C@@H](OC(=O)C1CC1)[C@H](C)OC(=O)[C@H](C)NC(=O)c1nccc(OC)c1O. The third-order valence-corrected chi connectivity index (χ3v) is 5.41. The molecule has 1 aromatic heterocycles. The molecule has 0 radical (unpaired) electrons. The van der Waals surface area contributed by atoms with Crippen LogP contribution in [0.5, 0.6) is 17.2 Å². The van der Waals surface area contributed by atoms with Gasteiger partial charge in [-0.3, -0.25) is 9.59 Å². The highest BCUT2D eigenvalue weighted by atomic mass is 19.1. The van der Waals surface area contributed by atoms with Gasteiger partial charge >= 0.3 is 11.9 Å². The van der Waals surface area contributed by atoms with E-state index in [0.29, 0.717) is 18.4 Å². The summed E-state index contributed by atoms with van der Waals surface area (Å²) in [4.78, 5) is 41.4. The van der Waals surface area contributed by atoms with E-state index in [-0.39, 0.29) is 23.1 Å². The van der Waals surface area contributed by atoms with Crippen LogP contribution in [0, 0.1) is 11.7 Å². The van der Waals surface area contributed by atoms with Gasteiger partial charge in [0.15, 0.2) is 23.3 Å². The number of rotatable bonds is 10. The monoisotopic (exact) mass is 490 g/mol. The molecule has 1 fully saturated rings. The number of esters is 2. The van der Waals surface area contributed by atoms with Crippen molar-refractivity contribution in [3.63, 3.8) is 0 Å². The van der Waals surface area contributed by atoms with Crippen molar-refractivity contribution in [3.05, 3.63) is 47.5 Å². The van der Waals surface area contributed by atoms with Gasteiger partial charge in [-0.1, -0.05) is 0 Å². The van der Waals surface area contributed by atoms with Crippen LogP contribution >= 0.6 is 0 Å². The summed E-state index contributed by atoms with van der Waals surface area (Å²) in [7, 11) is 2.66. The van der Waals surface area contributed by atoms with Gasteiger partial charge in [0.05, 0.1) is 20.1 Å². The van der Waals surface area contributed by atoms with E-state index in [4.69, 9.17) is 18.9 Å². The van der Waals surface area contributed by atoms with Crippen molar-refractivity contribution in [1.82, 2.24) is 10.3 Å². The number of carbonyl (C=O) groups excluding carboxylic acids is 3. The van der Waals surface area contributed by atoms with E-state index >= 15 is 0 Å². The molecule has 0 aliphatic heterocycles. The average Bonchev–Trinajstić information content (AvgIpc) is 3.68. The number of hydrogen-bond acceptors (Lipinski definition) is 9. The van der Waals surface area contributed by atoms with Gasteiger partial charge in [-0.05, 0) is 38.8 Å². The number of pyridine rings is 1. The summed E-state index contributed by atoms with van der Waals surface area (Å²) >= 11 is 0. The molecular weight excluding hydrogens is 463 g/mol. The molecule has 10 nitrogen and oxygen atoms in total. The highest BCUT2D eigenvalue weighted by Gasteiger charge is 2.37. The fraction of sp³-hybridized carbons (Fsp3) is 0.417. The van der Waals surface area contributed by atoms with Gasteiger partial charge < -0.3 is 29.4 Å². The Morgan fingerprint density at radius 3 is 2.40 bits per heavy atom. The van der Waals surface area contributed by atoms with Crippen LogP contribution < -0.4 is 14.8 Å². The maximum absolute atomic E-state index is 13.7. The predicted octanol–water partition coefficient (Wildman–Crippen LogP) is 2.69. The molecule has 0 saturated heterocycles. The van der Waals surface area contributed by atoms with Gasteiger partial charge in [-0.15, -0.1) is 0 Å². The number of halogens is 1. The maximum atomic E-state index is 13.7. The standard InChI is InChI=1S/C24H27FN2O8/c1-12(27-22(29)19-20(28)17(32-3)9-10-26-19)23(30)34-13(2)21(35-24(31)14-5-6-14)16-8-7-15(25)11-18(16)33-4/h7-14,21,28H,5-6H2,1-4H3,(H,27,29)/t12-,13-,21-/m0/s1. The Labute approximate surface area is 201 Å². The quantitative estimate of drug-likeness (QED) is 0.482. The Morgan fingerprint density at radius 1 is 1.09 bits per heavy atom. The van der Waals surface area contributed by atoms with Crippen LogP contribution in [0.15, 0.2) is 30.5 Å². The number of nitrogens with zero attached hydrogens (tertiary/aromatic N) is 1. The summed E-state index contributed by atoms with van der Waals surface area (Å²) in [6.07, 6.45) is 0.595. The molecular formula is C24H27FN2O8. The van der Waals surface area contributed by atoms with Crippen LogP contribution in [-0.2, 0) is 19.1 Å².